The third-order valence-electron chi connectivity index (χ3n) is 13.5. The van der Waals surface area contributed by atoms with Crippen molar-refractivity contribution in [2.45, 2.75) is 341 Å². The Morgan fingerprint density at radius 2 is 0.607 bits per heavy atom. The van der Waals surface area contributed by atoms with Gasteiger partial charge in [-0.25, -0.2) is 0 Å². The number of unbranched alkanes of at least 4 members (excludes halogenated alkanes) is 46. The summed E-state index contributed by atoms with van der Waals surface area (Å²) >= 11 is 0. The van der Waals surface area contributed by atoms with Gasteiger partial charge in [0.2, 0.25) is 5.91 Å². The number of hydrogen-bond donors (Lipinski definition) is 3. The maximum atomic E-state index is 12.4. The predicted molar refractivity (Wildman–Crippen MR) is 272 cm³/mol. The molecule has 0 rings (SSSR count). The zero-order chi connectivity index (χ0) is 44.2. The highest BCUT2D eigenvalue weighted by Crippen LogP contribution is 2.18. The van der Waals surface area contributed by atoms with Crippen molar-refractivity contribution in [2.24, 2.45) is 0 Å². The summed E-state index contributed by atoms with van der Waals surface area (Å²) in [5, 5.41) is 23.1. The minimum absolute atomic E-state index is 0.0569. The van der Waals surface area contributed by atoms with Crippen molar-refractivity contribution in [3.8, 4) is 0 Å². The van der Waals surface area contributed by atoms with Gasteiger partial charge in [0.15, 0.2) is 0 Å². The second-order valence-corrected chi connectivity index (χ2v) is 19.7. The molecule has 0 aliphatic rings. The van der Waals surface area contributed by atoms with E-state index in [0.717, 1.165) is 25.7 Å². The van der Waals surface area contributed by atoms with Crippen LogP contribution < -0.4 is 5.32 Å². The first-order valence-corrected chi connectivity index (χ1v) is 28.4. The zero-order valence-electron chi connectivity index (χ0n) is 42.0. The highest BCUT2D eigenvalue weighted by molar-refractivity contribution is 5.76. The summed E-state index contributed by atoms with van der Waals surface area (Å²) in [6, 6.07) is -0.617. The van der Waals surface area contributed by atoms with Gasteiger partial charge in [0.05, 0.1) is 18.8 Å². The van der Waals surface area contributed by atoms with Gasteiger partial charge in [-0.3, -0.25) is 4.79 Å². The standard InChI is InChI=1S/C57H113NO3/c1-3-5-7-9-11-13-15-17-19-20-21-22-23-24-25-26-27-28-29-30-31-32-33-34-35-36-37-38-39-41-43-45-47-49-51-53-57(61)58-55(54-59)56(60)52-50-48-46-44-42-40-18-16-14-12-10-8-6-4-2/h50,52,55-56,59-60H,3-49,51,53-54H2,1-2H3,(H,58,61)/b52-50+/t55-,56+/m0/s1. The maximum Gasteiger partial charge on any atom is 0.220 e. The van der Waals surface area contributed by atoms with Gasteiger partial charge in [-0.15, -0.1) is 0 Å². The lowest BCUT2D eigenvalue weighted by atomic mass is 10.0. The average molecular weight is 861 g/mol. The van der Waals surface area contributed by atoms with Crippen molar-refractivity contribution in [3.05, 3.63) is 12.2 Å². The van der Waals surface area contributed by atoms with Crippen LogP contribution in [-0.2, 0) is 4.79 Å². The number of nitrogens with one attached hydrogen (secondary N) is 1. The molecule has 2 atom stereocenters. The van der Waals surface area contributed by atoms with Crippen molar-refractivity contribution >= 4 is 5.91 Å². The van der Waals surface area contributed by atoms with Crippen LogP contribution in [0.25, 0.3) is 0 Å². The molecule has 0 spiro atoms. The Bertz CT molecular complexity index is 844. The van der Waals surface area contributed by atoms with Gasteiger partial charge in [0.1, 0.15) is 0 Å². The molecule has 1 amide bonds. The number of aliphatic hydroxyl groups is 2. The molecule has 0 saturated heterocycles. The molecule has 0 radical (unpaired) electrons. The fourth-order valence-corrected chi connectivity index (χ4v) is 9.18. The number of aliphatic hydroxyl groups excluding tert-OH is 2. The minimum Gasteiger partial charge on any atom is -0.394 e. The Morgan fingerprint density at radius 1 is 0.377 bits per heavy atom. The Kier molecular flexibility index (Phi) is 52.7. The van der Waals surface area contributed by atoms with Crippen molar-refractivity contribution in [3.63, 3.8) is 0 Å². The van der Waals surface area contributed by atoms with Gasteiger partial charge in [0.25, 0.3) is 0 Å². The molecule has 0 fully saturated rings. The minimum atomic E-state index is -0.834. The van der Waals surface area contributed by atoms with Crippen LogP contribution in [0.1, 0.15) is 328 Å². The van der Waals surface area contributed by atoms with E-state index in [1.165, 1.54) is 283 Å². The van der Waals surface area contributed by atoms with Crippen molar-refractivity contribution in [1.29, 1.82) is 0 Å². The highest BCUT2D eigenvalue weighted by Gasteiger charge is 2.18. The quantitative estimate of drug-likeness (QED) is 0.0421. The molecule has 4 heteroatoms. The second-order valence-electron chi connectivity index (χ2n) is 19.7. The normalized spacial score (nSPS) is 12.8. The van der Waals surface area contributed by atoms with Crippen LogP contribution in [-0.4, -0.2) is 34.9 Å². The molecule has 364 valence electrons. The molecule has 0 unspecified atom stereocenters. The van der Waals surface area contributed by atoms with E-state index in [2.05, 4.69) is 19.2 Å². The van der Waals surface area contributed by atoms with E-state index in [1.807, 2.05) is 6.08 Å². The summed E-state index contributed by atoms with van der Waals surface area (Å²) in [6.45, 7) is 4.34. The summed E-state index contributed by atoms with van der Waals surface area (Å²) in [5.74, 6) is -0.0569. The van der Waals surface area contributed by atoms with Crippen LogP contribution in [0, 0.1) is 0 Å². The second kappa shape index (κ2) is 53.5. The van der Waals surface area contributed by atoms with E-state index in [-0.39, 0.29) is 12.5 Å². The molecule has 0 aromatic carbocycles. The number of hydrogen-bond acceptors (Lipinski definition) is 3. The predicted octanol–water partition coefficient (Wildman–Crippen LogP) is 18.5. The van der Waals surface area contributed by atoms with Crippen LogP contribution in [0.4, 0.5) is 0 Å². The summed E-state index contributed by atoms with van der Waals surface area (Å²) in [6.07, 6.45) is 69.6. The molecule has 61 heavy (non-hydrogen) atoms. The van der Waals surface area contributed by atoms with Gasteiger partial charge < -0.3 is 15.5 Å². The Morgan fingerprint density at radius 3 is 0.852 bits per heavy atom. The fraction of sp³-hybridized carbons (Fsp3) is 0.947. The molecule has 0 aliphatic heterocycles. The number of rotatable bonds is 53. The maximum absolute atomic E-state index is 12.4. The summed E-state index contributed by atoms with van der Waals surface area (Å²) < 4.78 is 0. The molecule has 0 aliphatic carbocycles. The topological polar surface area (TPSA) is 69.6 Å². The third kappa shape index (κ3) is 50.0. The summed E-state index contributed by atoms with van der Waals surface area (Å²) in [4.78, 5) is 12.4. The van der Waals surface area contributed by atoms with Gasteiger partial charge in [-0.05, 0) is 19.3 Å². The first-order chi connectivity index (χ1) is 30.2. The van der Waals surface area contributed by atoms with Crippen LogP contribution in [0.5, 0.6) is 0 Å². The number of carbonyl (C=O) groups is 1. The Hall–Kier alpha value is -0.870. The smallest absolute Gasteiger partial charge is 0.220 e. The summed E-state index contributed by atoms with van der Waals surface area (Å²) in [5.41, 5.74) is 0. The summed E-state index contributed by atoms with van der Waals surface area (Å²) in [7, 11) is 0. The van der Waals surface area contributed by atoms with Crippen LogP contribution in [0.3, 0.4) is 0 Å². The molecule has 0 aromatic rings. The largest absolute Gasteiger partial charge is 0.394 e. The van der Waals surface area contributed by atoms with E-state index >= 15 is 0 Å². The molecule has 4 nitrogen and oxygen atoms in total. The SMILES string of the molecule is CCCCCCCCCCCCCC/C=C/[C@@H](O)[C@H](CO)NC(=O)CCCCCCCCCCCCCCCCCCCCCCCCCCCCCCCCCCCCC. The number of amides is 1. The van der Waals surface area contributed by atoms with Crippen molar-refractivity contribution < 1.29 is 15.0 Å². The molecule has 0 aromatic heterocycles. The lowest BCUT2D eigenvalue weighted by Crippen LogP contribution is -2.45. The van der Waals surface area contributed by atoms with Crippen LogP contribution in [0.2, 0.25) is 0 Å². The Balaban J connectivity index is 3.36. The van der Waals surface area contributed by atoms with Crippen molar-refractivity contribution in [2.75, 3.05) is 6.61 Å². The van der Waals surface area contributed by atoms with Gasteiger partial charge in [-0.2, -0.15) is 0 Å². The monoisotopic (exact) mass is 860 g/mol. The molecule has 0 saturated carbocycles. The molecular formula is C57H113NO3. The fourth-order valence-electron chi connectivity index (χ4n) is 9.18. The van der Waals surface area contributed by atoms with E-state index < -0.39 is 12.1 Å². The van der Waals surface area contributed by atoms with E-state index in [9.17, 15) is 15.0 Å². The molecule has 3 N–H and O–H groups in total. The average Bonchev–Trinajstić information content (AvgIpc) is 3.26. The van der Waals surface area contributed by atoms with E-state index in [4.69, 9.17) is 0 Å². The van der Waals surface area contributed by atoms with Crippen molar-refractivity contribution in [1.82, 2.24) is 5.32 Å². The molecular weight excluding hydrogens is 747 g/mol. The lowest BCUT2D eigenvalue weighted by Gasteiger charge is -2.20. The zero-order valence-corrected chi connectivity index (χ0v) is 42.0. The first kappa shape index (κ1) is 60.1. The van der Waals surface area contributed by atoms with E-state index in [0.29, 0.717) is 6.42 Å². The molecule has 0 bridgehead atoms. The first-order valence-electron chi connectivity index (χ1n) is 28.4. The third-order valence-corrected chi connectivity index (χ3v) is 13.5. The number of allylic oxidation sites excluding steroid dienone is 1. The Labute approximate surface area is 384 Å². The van der Waals surface area contributed by atoms with Gasteiger partial charge in [-0.1, -0.05) is 315 Å². The van der Waals surface area contributed by atoms with Crippen LogP contribution in [0.15, 0.2) is 12.2 Å². The van der Waals surface area contributed by atoms with Crippen LogP contribution >= 0.6 is 0 Å². The lowest BCUT2D eigenvalue weighted by molar-refractivity contribution is -0.123. The van der Waals surface area contributed by atoms with E-state index in [1.54, 1.807) is 6.08 Å². The van der Waals surface area contributed by atoms with Gasteiger partial charge >= 0.3 is 0 Å². The number of carbonyl (C=O) groups excluding carboxylic acids is 1. The molecule has 0 heterocycles. The van der Waals surface area contributed by atoms with Gasteiger partial charge in [0, 0.05) is 6.42 Å². The highest BCUT2D eigenvalue weighted by atomic mass is 16.3.